The lowest BCUT2D eigenvalue weighted by molar-refractivity contribution is 0.102. The van der Waals surface area contributed by atoms with Gasteiger partial charge in [-0.1, -0.05) is 11.6 Å². The normalized spacial score (nSPS) is 25.8. The second kappa shape index (κ2) is 6.99. The molecule has 146 valence electrons. The molecule has 0 bridgehead atoms. The minimum absolute atomic E-state index is 0.000356. The predicted octanol–water partition coefficient (Wildman–Crippen LogP) is 2.53. The number of carbonyl (C=O) groups excluding carboxylic acids is 1. The molecule has 28 heavy (non-hydrogen) atoms. The molecule has 1 aromatic carbocycles. The van der Waals surface area contributed by atoms with Crippen LogP contribution in [0, 0.1) is 11.7 Å². The topological polar surface area (TPSA) is 102 Å². The summed E-state index contributed by atoms with van der Waals surface area (Å²) in [5.74, 6) is -1.48. The van der Waals surface area contributed by atoms with E-state index in [1.807, 2.05) is 0 Å². The smallest absolute Gasteiger partial charge is 0.303 e. The number of carbonyl (C=O) groups is 1. The van der Waals surface area contributed by atoms with Crippen molar-refractivity contribution >= 4 is 29.2 Å². The van der Waals surface area contributed by atoms with Crippen molar-refractivity contribution in [2.45, 2.75) is 18.0 Å². The molecule has 2 heterocycles. The Kier molecular flexibility index (Phi) is 4.64. The number of nitrogens with two attached hydrogens (primary N) is 1. The minimum atomic E-state index is -1.53. The number of hydroxylamine groups is 1. The van der Waals surface area contributed by atoms with E-state index in [9.17, 15) is 13.6 Å². The molecule has 1 aliphatic heterocycles. The standard InChI is InChI=1S/C18H16ClF2N5O2/c19-9-1-4-14(23-7-9)16(27)24-10-2-3-13(21)11(5-10)18(8-20)12-6-15(12)26-28-17(22)25-18/h1-5,7,12,15,26H,6,8H2,(H2,22,25)(H,24,27)/t12-,15+,18+/m0/s1. The van der Waals surface area contributed by atoms with Gasteiger partial charge in [0, 0.05) is 29.4 Å². The van der Waals surface area contributed by atoms with E-state index in [0.29, 0.717) is 11.4 Å². The Morgan fingerprint density at radius 2 is 2.25 bits per heavy atom. The summed E-state index contributed by atoms with van der Waals surface area (Å²) in [4.78, 5) is 25.5. The van der Waals surface area contributed by atoms with E-state index < -0.39 is 23.9 Å². The Morgan fingerprint density at radius 3 is 2.96 bits per heavy atom. The third-order valence-corrected chi connectivity index (χ3v) is 5.11. The zero-order chi connectivity index (χ0) is 19.9. The van der Waals surface area contributed by atoms with Gasteiger partial charge >= 0.3 is 6.02 Å². The average molecular weight is 408 g/mol. The van der Waals surface area contributed by atoms with Crippen LogP contribution in [0.15, 0.2) is 41.5 Å². The van der Waals surface area contributed by atoms with E-state index in [-0.39, 0.29) is 34.9 Å². The van der Waals surface area contributed by atoms with Crippen molar-refractivity contribution in [3.05, 3.63) is 58.6 Å². The van der Waals surface area contributed by atoms with E-state index in [2.05, 4.69) is 20.8 Å². The van der Waals surface area contributed by atoms with Crippen LogP contribution in [0.1, 0.15) is 22.5 Å². The monoisotopic (exact) mass is 407 g/mol. The van der Waals surface area contributed by atoms with Crippen LogP contribution in [0.3, 0.4) is 0 Å². The summed E-state index contributed by atoms with van der Waals surface area (Å²) in [6, 6.07) is 6.42. The molecule has 0 spiro atoms. The van der Waals surface area contributed by atoms with Crippen LogP contribution < -0.4 is 16.5 Å². The van der Waals surface area contributed by atoms with Crippen molar-refractivity contribution < 1.29 is 18.4 Å². The number of aromatic nitrogens is 1. The molecule has 0 saturated heterocycles. The number of nitrogens with zero attached hydrogens (tertiary/aromatic N) is 2. The SMILES string of the molecule is NC1=N[C@](CF)(c2cc(NC(=O)c3ccc(Cl)cn3)ccc2F)[C@H]2C[C@H]2NO1. The van der Waals surface area contributed by atoms with Crippen LogP contribution in [0.4, 0.5) is 14.5 Å². The molecule has 10 heteroatoms. The fourth-order valence-electron chi connectivity index (χ4n) is 3.39. The van der Waals surface area contributed by atoms with Crippen LogP contribution in [0.2, 0.25) is 5.02 Å². The lowest BCUT2D eigenvalue weighted by atomic mass is 9.85. The minimum Gasteiger partial charge on any atom is -0.371 e. The second-order valence-electron chi connectivity index (χ2n) is 6.69. The van der Waals surface area contributed by atoms with Gasteiger partial charge in [0.25, 0.3) is 5.91 Å². The number of hydrogen-bond acceptors (Lipinski definition) is 6. The molecule has 2 aromatic rings. The largest absolute Gasteiger partial charge is 0.371 e. The fourth-order valence-corrected chi connectivity index (χ4v) is 3.50. The van der Waals surface area contributed by atoms with Crippen molar-refractivity contribution in [2.24, 2.45) is 16.6 Å². The summed E-state index contributed by atoms with van der Waals surface area (Å²) < 4.78 is 28.9. The second-order valence-corrected chi connectivity index (χ2v) is 7.12. The van der Waals surface area contributed by atoms with Gasteiger partial charge in [-0.2, -0.15) is 0 Å². The molecular formula is C18H16ClF2N5O2. The van der Waals surface area contributed by atoms with Crippen molar-refractivity contribution in [2.75, 3.05) is 12.0 Å². The zero-order valence-electron chi connectivity index (χ0n) is 14.5. The van der Waals surface area contributed by atoms with E-state index in [4.69, 9.17) is 22.2 Å². The van der Waals surface area contributed by atoms with E-state index >= 15 is 0 Å². The highest BCUT2D eigenvalue weighted by Crippen LogP contribution is 2.51. The maximum atomic E-state index is 14.7. The maximum Gasteiger partial charge on any atom is 0.303 e. The third-order valence-electron chi connectivity index (χ3n) is 4.88. The molecule has 4 rings (SSSR count). The fraction of sp³-hybridized carbons (Fsp3) is 0.278. The summed E-state index contributed by atoms with van der Waals surface area (Å²) in [6.45, 7) is -0.965. The number of amides is 1. The number of nitrogens with one attached hydrogen (secondary N) is 2. The summed E-state index contributed by atoms with van der Waals surface area (Å²) in [5.41, 5.74) is 7.21. The molecule has 1 aliphatic carbocycles. The summed E-state index contributed by atoms with van der Waals surface area (Å²) in [6.07, 6.45) is 1.90. The molecule has 0 radical (unpaired) electrons. The van der Waals surface area contributed by atoms with Gasteiger partial charge in [0.2, 0.25) is 0 Å². The summed E-state index contributed by atoms with van der Waals surface area (Å²) in [7, 11) is 0. The van der Waals surface area contributed by atoms with Gasteiger partial charge in [-0.3, -0.25) is 4.79 Å². The first kappa shape index (κ1) is 18.6. The van der Waals surface area contributed by atoms with E-state index in [1.54, 1.807) is 0 Å². The molecule has 0 unspecified atom stereocenters. The predicted molar refractivity (Wildman–Crippen MR) is 99.0 cm³/mol. The molecule has 1 fully saturated rings. The molecule has 2 aliphatic rings. The van der Waals surface area contributed by atoms with Crippen LogP contribution in [0.5, 0.6) is 0 Å². The number of alkyl halides is 1. The van der Waals surface area contributed by atoms with Crippen LogP contribution in [-0.4, -0.2) is 29.6 Å². The molecule has 1 aromatic heterocycles. The summed E-state index contributed by atoms with van der Waals surface area (Å²) in [5, 5.41) is 3.01. The number of fused-ring (bicyclic) bond motifs is 1. The first-order valence-electron chi connectivity index (χ1n) is 8.49. The van der Waals surface area contributed by atoms with Crippen molar-refractivity contribution in [1.82, 2.24) is 10.5 Å². The summed E-state index contributed by atoms with van der Waals surface area (Å²) >= 11 is 5.77. The molecule has 3 atom stereocenters. The number of halogens is 3. The Bertz CT molecular complexity index is 955. The maximum absolute atomic E-state index is 14.7. The third kappa shape index (κ3) is 3.27. The van der Waals surface area contributed by atoms with Crippen molar-refractivity contribution in [3.63, 3.8) is 0 Å². The van der Waals surface area contributed by atoms with Crippen molar-refractivity contribution in [3.8, 4) is 0 Å². The highest BCUT2D eigenvalue weighted by Gasteiger charge is 2.57. The first-order chi connectivity index (χ1) is 13.4. The Balaban J connectivity index is 1.68. The van der Waals surface area contributed by atoms with Gasteiger partial charge in [0.1, 0.15) is 23.7 Å². The lowest BCUT2D eigenvalue weighted by Crippen LogP contribution is -2.33. The van der Waals surface area contributed by atoms with Crippen LogP contribution in [-0.2, 0) is 10.4 Å². The lowest BCUT2D eigenvalue weighted by Gasteiger charge is -2.27. The Hall–Kier alpha value is -2.78. The van der Waals surface area contributed by atoms with Gasteiger partial charge in [-0.15, -0.1) is 5.48 Å². The highest BCUT2D eigenvalue weighted by molar-refractivity contribution is 6.30. The Morgan fingerprint density at radius 1 is 1.43 bits per heavy atom. The van der Waals surface area contributed by atoms with Gasteiger partial charge in [-0.25, -0.2) is 18.8 Å². The van der Waals surface area contributed by atoms with E-state index in [0.717, 1.165) is 6.07 Å². The number of rotatable bonds is 4. The average Bonchev–Trinajstić information content (AvgIpc) is 3.47. The first-order valence-corrected chi connectivity index (χ1v) is 8.87. The molecule has 1 saturated carbocycles. The molecule has 4 N–H and O–H groups in total. The Labute approximate surface area is 163 Å². The number of hydrogen-bond donors (Lipinski definition) is 3. The van der Waals surface area contributed by atoms with Gasteiger partial charge in [0.05, 0.1) is 5.02 Å². The van der Waals surface area contributed by atoms with Gasteiger partial charge in [0.15, 0.2) is 0 Å². The van der Waals surface area contributed by atoms with Crippen LogP contribution >= 0.6 is 11.6 Å². The number of aliphatic imine (C=N–C) groups is 1. The number of pyridine rings is 1. The van der Waals surface area contributed by atoms with Crippen molar-refractivity contribution in [1.29, 1.82) is 0 Å². The number of benzene rings is 1. The van der Waals surface area contributed by atoms with Gasteiger partial charge < -0.3 is 15.9 Å². The highest BCUT2D eigenvalue weighted by atomic mass is 35.5. The molecule has 1 amide bonds. The van der Waals surface area contributed by atoms with E-state index in [1.165, 1.54) is 30.5 Å². The molecular weight excluding hydrogens is 392 g/mol. The van der Waals surface area contributed by atoms with Crippen LogP contribution in [0.25, 0.3) is 0 Å². The van der Waals surface area contributed by atoms with Gasteiger partial charge in [-0.05, 0) is 36.8 Å². The zero-order valence-corrected chi connectivity index (χ0v) is 15.2. The number of anilines is 1. The number of amidine groups is 1. The quantitative estimate of drug-likeness (QED) is 0.723. The molecule has 7 nitrogen and oxygen atoms in total.